The Morgan fingerprint density at radius 2 is 2.21 bits per heavy atom. The lowest BCUT2D eigenvalue weighted by molar-refractivity contribution is 0.107. The first-order valence-corrected chi connectivity index (χ1v) is 12.2. The Kier molecular flexibility index (Phi) is 4.88. The monoisotopic (exact) mass is 548 g/mol. The Hall–Kier alpha value is -1.36. The second kappa shape index (κ2) is 8.10. The van der Waals surface area contributed by atoms with E-state index in [2.05, 4.69) is 25.9 Å². The van der Waals surface area contributed by atoms with Crippen LogP contribution in [-0.4, -0.2) is 78.2 Å². The third-order valence-electron chi connectivity index (χ3n) is 7.17. The Bertz CT molecular complexity index is 1200. The molecule has 1 saturated carbocycles. The Morgan fingerprint density at radius 3 is 3.06 bits per heavy atom. The SMILES string of the molecule is [2H]C([2H])(Oc1nc(N2CCOC[C@H]3[C@H](F)[C@@H]32)c2cc(Cl)c(Br)c(F)c2n1)[C@@]12CCCN1C[C@H](F)C2. The molecule has 4 fully saturated rings. The predicted octanol–water partition coefficient (Wildman–Crippen LogP) is 4.31. The summed E-state index contributed by atoms with van der Waals surface area (Å²) in [4.78, 5) is 12.1. The van der Waals surface area contributed by atoms with Crippen molar-refractivity contribution in [1.82, 2.24) is 14.9 Å². The molecule has 1 aromatic carbocycles. The van der Waals surface area contributed by atoms with Gasteiger partial charge in [-0.1, -0.05) is 11.6 Å². The molecule has 1 aromatic heterocycles. The van der Waals surface area contributed by atoms with Gasteiger partial charge in [-0.3, -0.25) is 4.90 Å². The lowest BCUT2D eigenvalue weighted by atomic mass is 9.95. The first kappa shape index (κ1) is 19.9. The molecular weight excluding hydrogens is 525 g/mol. The summed E-state index contributed by atoms with van der Waals surface area (Å²) >= 11 is 9.35. The van der Waals surface area contributed by atoms with Crippen LogP contribution >= 0.6 is 27.5 Å². The number of ether oxygens (including phenoxy) is 2. The van der Waals surface area contributed by atoms with Gasteiger partial charge in [0, 0.05) is 30.8 Å². The van der Waals surface area contributed by atoms with Gasteiger partial charge in [-0.25, -0.2) is 13.2 Å². The summed E-state index contributed by atoms with van der Waals surface area (Å²) in [5, 5.41) is 0.355. The van der Waals surface area contributed by atoms with Gasteiger partial charge in [-0.05, 0) is 41.4 Å². The van der Waals surface area contributed by atoms with E-state index >= 15 is 4.39 Å². The molecule has 6 rings (SSSR count). The van der Waals surface area contributed by atoms with Crippen LogP contribution in [0.15, 0.2) is 10.5 Å². The van der Waals surface area contributed by atoms with Gasteiger partial charge in [0.05, 0.1) is 37.0 Å². The highest BCUT2D eigenvalue weighted by atomic mass is 79.9. The van der Waals surface area contributed by atoms with Crippen molar-refractivity contribution in [2.75, 3.05) is 44.3 Å². The maximum atomic E-state index is 15.3. The van der Waals surface area contributed by atoms with Gasteiger partial charge in [-0.15, -0.1) is 0 Å². The molecule has 3 saturated heterocycles. The normalized spacial score (nSPS) is 35.1. The minimum atomic E-state index is -2.35. The van der Waals surface area contributed by atoms with Crippen molar-refractivity contribution in [3.63, 3.8) is 0 Å². The number of benzene rings is 1. The second-order valence-electron chi connectivity index (χ2n) is 9.17. The van der Waals surface area contributed by atoms with Gasteiger partial charge < -0.3 is 14.4 Å². The number of anilines is 1. The molecule has 0 N–H and O–H groups in total. The van der Waals surface area contributed by atoms with E-state index in [4.69, 9.17) is 23.8 Å². The smallest absolute Gasteiger partial charge is 0.319 e. The van der Waals surface area contributed by atoms with Crippen molar-refractivity contribution in [3.05, 3.63) is 21.4 Å². The summed E-state index contributed by atoms with van der Waals surface area (Å²) < 4.78 is 73.0. The number of hydrogen-bond acceptors (Lipinski definition) is 6. The third kappa shape index (κ3) is 3.59. The maximum absolute atomic E-state index is 15.3. The van der Waals surface area contributed by atoms with Crippen LogP contribution < -0.4 is 9.64 Å². The van der Waals surface area contributed by atoms with Crippen LogP contribution in [0.4, 0.5) is 19.0 Å². The molecular formula is C22H23BrClF3N4O2. The molecule has 178 valence electrons. The molecule has 0 bridgehead atoms. The third-order valence-corrected chi connectivity index (χ3v) is 8.47. The lowest BCUT2D eigenvalue weighted by Crippen LogP contribution is -2.43. The molecule has 0 spiro atoms. The predicted molar refractivity (Wildman–Crippen MR) is 121 cm³/mol. The Labute approximate surface area is 205 Å². The van der Waals surface area contributed by atoms with Gasteiger partial charge in [0.15, 0.2) is 5.82 Å². The standard InChI is InChI=1S/C22H23BrClF3N4O2/c23-15-14(24)6-12-18(17(15)27)28-21(33-10-22-2-1-3-30(22)8-11(25)7-22)29-20(12)31-4-5-32-9-13-16(26)19(13)31/h6,11,13,16,19H,1-5,7-10H2/t11-,13+,16+,19-,22+/m1/s1/i10D2. The topological polar surface area (TPSA) is 50.7 Å². The summed E-state index contributed by atoms with van der Waals surface area (Å²) in [6, 6.07) is 0.597. The largest absolute Gasteiger partial charge is 0.461 e. The quantitative estimate of drug-likeness (QED) is 0.530. The molecule has 2 aromatic rings. The lowest BCUT2D eigenvalue weighted by Gasteiger charge is -2.31. The van der Waals surface area contributed by atoms with Crippen molar-refractivity contribution < 1.29 is 25.4 Å². The number of aromatic nitrogens is 2. The molecule has 1 aliphatic carbocycles. The van der Waals surface area contributed by atoms with Gasteiger partial charge in [-0.2, -0.15) is 9.97 Å². The highest BCUT2D eigenvalue weighted by Gasteiger charge is 2.56. The molecule has 11 heteroatoms. The fourth-order valence-electron chi connectivity index (χ4n) is 5.49. The first-order valence-electron chi connectivity index (χ1n) is 12.0. The summed E-state index contributed by atoms with van der Waals surface area (Å²) in [6.45, 7) is -0.728. The average Bonchev–Trinajstić information content (AvgIpc) is 3.15. The van der Waals surface area contributed by atoms with Crippen molar-refractivity contribution in [2.24, 2.45) is 5.92 Å². The van der Waals surface area contributed by atoms with Crippen molar-refractivity contribution in [1.29, 1.82) is 0 Å². The highest BCUT2D eigenvalue weighted by molar-refractivity contribution is 9.10. The van der Waals surface area contributed by atoms with Gasteiger partial charge in [0.2, 0.25) is 0 Å². The molecule has 0 amide bonds. The van der Waals surface area contributed by atoms with Gasteiger partial charge >= 0.3 is 6.01 Å². The zero-order valence-corrected chi connectivity index (χ0v) is 19.9. The Balaban J connectivity index is 1.46. The second-order valence-corrected chi connectivity index (χ2v) is 10.4. The van der Waals surface area contributed by atoms with Gasteiger partial charge in [0.25, 0.3) is 0 Å². The fourth-order valence-corrected chi connectivity index (χ4v) is 5.98. The summed E-state index contributed by atoms with van der Waals surface area (Å²) in [7, 11) is 0. The number of hydrogen-bond donors (Lipinski definition) is 0. The van der Waals surface area contributed by atoms with Crippen molar-refractivity contribution in [2.45, 2.75) is 43.2 Å². The number of rotatable bonds is 4. The van der Waals surface area contributed by atoms with Crippen LogP contribution in [0.2, 0.25) is 5.02 Å². The number of alkyl halides is 2. The zero-order chi connectivity index (χ0) is 24.7. The maximum Gasteiger partial charge on any atom is 0.319 e. The van der Waals surface area contributed by atoms with Crippen LogP contribution in [0, 0.1) is 11.7 Å². The molecule has 0 unspecified atom stereocenters. The molecule has 4 heterocycles. The summed E-state index contributed by atoms with van der Waals surface area (Å²) in [5.41, 5.74) is -1.29. The van der Waals surface area contributed by atoms with Gasteiger partial charge in [0.1, 0.15) is 30.2 Å². The molecule has 4 aliphatic rings. The number of nitrogens with zero attached hydrogens (tertiary/aromatic N) is 4. The molecule has 0 radical (unpaired) electrons. The van der Waals surface area contributed by atoms with E-state index in [1.165, 1.54) is 6.07 Å². The highest BCUT2D eigenvalue weighted by Crippen LogP contribution is 2.46. The Morgan fingerprint density at radius 1 is 1.36 bits per heavy atom. The average molecular weight is 550 g/mol. The van der Waals surface area contributed by atoms with Crippen LogP contribution in [0.3, 0.4) is 0 Å². The summed E-state index contributed by atoms with van der Waals surface area (Å²) in [6.07, 6.45) is -1.16. The van der Waals surface area contributed by atoms with E-state index in [1.807, 2.05) is 0 Å². The first-order chi connectivity index (χ1) is 16.6. The van der Waals surface area contributed by atoms with Crippen molar-refractivity contribution in [3.8, 4) is 6.01 Å². The van der Waals surface area contributed by atoms with E-state index in [9.17, 15) is 8.78 Å². The molecule has 5 atom stereocenters. The molecule has 3 aliphatic heterocycles. The van der Waals surface area contributed by atoms with E-state index in [-0.39, 0.29) is 51.7 Å². The van der Waals surface area contributed by atoms with E-state index in [0.717, 1.165) is 0 Å². The minimum absolute atomic E-state index is 0.00577. The van der Waals surface area contributed by atoms with Crippen molar-refractivity contribution >= 4 is 44.3 Å². The van der Waals surface area contributed by atoms with Crippen LogP contribution in [0.25, 0.3) is 10.9 Å². The molecule has 33 heavy (non-hydrogen) atoms. The van der Waals surface area contributed by atoms with E-state index in [0.29, 0.717) is 32.5 Å². The molecule has 6 nitrogen and oxygen atoms in total. The number of halogens is 5. The number of fused-ring (bicyclic) bond motifs is 3. The van der Waals surface area contributed by atoms with Crippen LogP contribution in [-0.2, 0) is 4.74 Å². The van der Waals surface area contributed by atoms with Crippen LogP contribution in [0.5, 0.6) is 6.01 Å². The van der Waals surface area contributed by atoms with E-state index < -0.39 is 42.3 Å². The summed E-state index contributed by atoms with van der Waals surface area (Å²) in [5.74, 6) is -0.896. The minimum Gasteiger partial charge on any atom is -0.461 e. The van der Waals surface area contributed by atoms with E-state index in [1.54, 1.807) is 9.80 Å². The zero-order valence-electron chi connectivity index (χ0n) is 19.5. The fraction of sp³-hybridized carbons (Fsp3) is 0.636. The van der Waals surface area contributed by atoms with Crippen LogP contribution in [0.1, 0.15) is 22.0 Å².